The van der Waals surface area contributed by atoms with Crippen LogP contribution in [-0.2, 0) is 0 Å². The number of benzene rings is 1. The van der Waals surface area contributed by atoms with E-state index in [4.69, 9.17) is 0 Å². The number of carbonyl (C=O) groups excluding carboxylic acids is 1. The van der Waals surface area contributed by atoms with Gasteiger partial charge in [0.2, 0.25) is 0 Å². The summed E-state index contributed by atoms with van der Waals surface area (Å²) in [7, 11) is 0. The summed E-state index contributed by atoms with van der Waals surface area (Å²) in [6.07, 6.45) is 2.01. The molecule has 1 N–H and O–H groups in total. The van der Waals surface area contributed by atoms with Gasteiger partial charge in [-0.15, -0.1) is 0 Å². The fraction of sp³-hybridized carbons (Fsp3) is 0.500. The molecule has 0 aliphatic carbocycles. The molecule has 1 spiro atoms. The second kappa shape index (κ2) is 4.56. The molecule has 0 radical (unpaired) electrons. The van der Waals surface area contributed by atoms with Gasteiger partial charge in [0.1, 0.15) is 11.6 Å². The summed E-state index contributed by atoms with van der Waals surface area (Å²) < 4.78 is 26.5. The van der Waals surface area contributed by atoms with Crippen LogP contribution in [0.5, 0.6) is 0 Å². The van der Waals surface area contributed by atoms with Gasteiger partial charge in [0.25, 0.3) is 5.91 Å². The van der Waals surface area contributed by atoms with Crippen LogP contribution in [0.1, 0.15) is 23.2 Å². The van der Waals surface area contributed by atoms with Gasteiger partial charge in [-0.25, -0.2) is 8.78 Å². The lowest BCUT2D eigenvalue weighted by Crippen LogP contribution is -2.33. The zero-order valence-electron chi connectivity index (χ0n) is 10.6. The van der Waals surface area contributed by atoms with Crippen molar-refractivity contribution >= 4 is 5.91 Å². The summed E-state index contributed by atoms with van der Waals surface area (Å²) >= 11 is 0. The van der Waals surface area contributed by atoms with Crippen molar-refractivity contribution in [1.82, 2.24) is 10.2 Å². The summed E-state index contributed by atoms with van der Waals surface area (Å²) in [5.41, 5.74) is 0.121. The minimum atomic E-state index is -0.782. The summed E-state index contributed by atoms with van der Waals surface area (Å²) in [5.74, 6) is -1.77. The molecule has 102 valence electrons. The highest BCUT2D eigenvalue weighted by atomic mass is 19.1. The molecule has 1 amide bonds. The van der Waals surface area contributed by atoms with E-state index in [9.17, 15) is 13.6 Å². The molecule has 0 bridgehead atoms. The molecule has 1 atom stereocenters. The SMILES string of the molecule is O=C(c1ccc(F)cc1F)N1CCC2(CCNC2)C1. The number of nitrogens with one attached hydrogen (secondary N) is 1. The lowest BCUT2D eigenvalue weighted by Gasteiger charge is -2.22. The molecule has 2 aliphatic heterocycles. The third-order valence-electron chi connectivity index (χ3n) is 4.22. The number of halogens is 2. The normalized spacial score (nSPS) is 26.3. The van der Waals surface area contributed by atoms with E-state index >= 15 is 0 Å². The van der Waals surface area contributed by atoms with Gasteiger partial charge < -0.3 is 10.2 Å². The Morgan fingerprint density at radius 1 is 1.32 bits per heavy atom. The molecule has 0 aromatic heterocycles. The van der Waals surface area contributed by atoms with Crippen LogP contribution in [0.3, 0.4) is 0 Å². The molecular formula is C14H16F2N2O. The van der Waals surface area contributed by atoms with Crippen LogP contribution in [-0.4, -0.2) is 37.0 Å². The van der Waals surface area contributed by atoms with Crippen molar-refractivity contribution in [2.75, 3.05) is 26.2 Å². The second-order valence-corrected chi connectivity index (χ2v) is 5.53. The van der Waals surface area contributed by atoms with Crippen LogP contribution in [0.4, 0.5) is 8.78 Å². The van der Waals surface area contributed by atoms with Crippen molar-refractivity contribution in [3.05, 3.63) is 35.4 Å². The molecule has 2 heterocycles. The van der Waals surface area contributed by atoms with E-state index in [1.165, 1.54) is 6.07 Å². The van der Waals surface area contributed by atoms with Crippen LogP contribution < -0.4 is 5.32 Å². The van der Waals surface area contributed by atoms with E-state index in [1.807, 2.05) is 0 Å². The number of amides is 1. The van der Waals surface area contributed by atoms with E-state index in [0.29, 0.717) is 13.1 Å². The maximum atomic E-state index is 13.6. The number of nitrogens with zero attached hydrogens (tertiary/aromatic N) is 1. The Kier molecular flexibility index (Phi) is 3.01. The molecule has 3 rings (SSSR count). The standard InChI is InChI=1S/C14H16F2N2O/c15-10-1-2-11(12(16)7-10)13(19)18-6-4-14(9-18)3-5-17-8-14/h1-2,7,17H,3-6,8-9H2. The Hall–Kier alpha value is -1.49. The predicted molar refractivity (Wildman–Crippen MR) is 66.8 cm³/mol. The Morgan fingerprint density at radius 2 is 2.16 bits per heavy atom. The monoisotopic (exact) mass is 266 g/mol. The van der Waals surface area contributed by atoms with E-state index in [-0.39, 0.29) is 16.9 Å². The van der Waals surface area contributed by atoms with Gasteiger partial charge in [0.05, 0.1) is 5.56 Å². The van der Waals surface area contributed by atoms with Crippen molar-refractivity contribution in [3.63, 3.8) is 0 Å². The third kappa shape index (κ3) is 2.23. The first-order valence-electron chi connectivity index (χ1n) is 6.55. The number of rotatable bonds is 1. The van der Waals surface area contributed by atoms with E-state index in [0.717, 1.165) is 38.1 Å². The first kappa shape index (κ1) is 12.5. The van der Waals surface area contributed by atoms with Crippen LogP contribution in [0.25, 0.3) is 0 Å². The minimum Gasteiger partial charge on any atom is -0.338 e. The first-order valence-corrected chi connectivity index (χ1v) is 6.55. The van der Waals surface area contributed by atoms with E-state index < -0.39 is 11.6 Å². The quantitative estimate of drug-likeness (QED) is 0.840. The van der Waals surface area contributed by atoms with Gasteiger partial charge in [-0.3, -0.25) is 4.79 Å². The topological polar surface area (TPSA) is 32.3 Å². The summed E-state index contributed by atoms with van der Waals surface area (Å²) in [4.78, 5) is 13.9. The smallest absolute Gasteiger partial charge is 0.256 e. The highest BCUT2D eigenvalue weighted by molar-refractivity contribution is 5.94. The van der Waals surface area contributed by atoms with Gasteiger partial charge in [-0.1, -0.05) is 0 Å². The van der Waals surface area contributed by atoms with Crippen molar-refractivity contribution in [2.24, 2.45) is 5.41 Å². The van der Waals surface area contributed by atoms with Crippen molar-refractivity contribution in [1.29, 1.82) is 0 Å². The van der Waals surface area contributed by atoms with Crippen LogP contribution in [0.15, 0.2) is 18.2 Å². The van der Waals surface area contributed by atoms with Crippen molar-refractivity contribution < 1.29 is 13.6 Å². The number of likely N-dealkylation sites (tertiary alicyclic amines) is 1. The average molecular weight is 266 g/mol. The van der Waals surface area contributed by atoms with Gasteiger partial charge >= 0.3 is 0 Å². The van der Waals surface area contributed by atoms with E-state index in [1.54, 1.807) is 4.90 Å². The largest absolute Gasteiger partial charge is 0.338 e. The van der Waals surface area contributed by atoms with Crippen molar-refractivity contribution in [3.8, 4) is 0 Å². The Balaban J connectivity index is 1.78. The van der Waals surface area contributed by atoms with Gasteiger partial charge in [0.15, 0.2) is 0 Å². The van der Waals surface area contributed by atoms with Crippen LogP contribution in [0.2, 0.25) is 0 Å². The molecule has 1 unspecified atom stereocenters. The minimum absolute atomic E-state index is 0.0376. The lowest BCUT2D eigenvalue weighted by atomic mass is 9.86. The lowest BCUT2D eigenvalue weighted by molar-refractivity contribution is 0.0771. The Bertz CT molecular complexity index is 512. The zero-order valence-corrected chi connectivity index (χ0v) is 10.6. The van der Waals surface area contributed by atoms with Gasteiger partial charge in [-0.05, 0) is 31.5 Å². The molecule has 1 aromatic carbocycles. The molecular weight excluding hydrogens is 250 g/mol. The fourth-order valence-corrected chi connectivity index (χ4v) is 3.09. The second-order valence-electron chi connectivity index (χ2n) is 5.53. The maximum absolute atomic E-state index is 13.6. The van der Waals surface area contributed by atoms with Gasteiger partial charge in [-0.2, -0.15) is 0 Å². The molecule has 19 heavy (non-hydrogen) atoms. The number of carbonyl (C=O) groups is 1. The number of hydrogen-bond donors (Lipinski definition) is 1. The maximum Gasteiger partial charge on any atom is 0.256 e. The van der Waals surface area contributed by atoms with Crippen molar-refractivity contribution in [2.45, 2.75) is 12.8 Å². The predicted octanol–water partition coefficient (Wildman–Crippen LogP) is 1.79. The molecule has 0 saturated carbocycles. The Labute approximate surface area is 110 Å². The highest BCUT2D eigenvalue weighted by Crippen LogP contribution is 2.36. The molecule has 1 aromatic rings. The third-order valence-corrected chi connectivity index (χ3v) is 4.22. The Morgan fingerprint density at radius 3 is 2.84 bits per heavy atom. The molecule has 5 heteroatoms. The average Bonchev–Trinajstić information content (AvgIpc) is 3.00. The highest BCUT2D eigenvalue weighted by Gasteiger charge is 2.42. The number of hydrogen-bond acceptors (Lipinski definition) is 2. The summed E-state index contributed by atoms with van der Waals surface area (Å²) in [5, 5.41) is 3.31. The zero-order chi connectivity index (χ0) is 13.5. The van der Waals surface area contributed by atoms with Crippen LogP contribution >= 0.6 is 0 Å². The first-order chi connectivity index (χ1) is 9.10. The van der Waals surface area contributed by atoms with Gasteiger partial charge in [0, 0.05) is 31.1 Å². The van der Waals surface area contributed by atoms with Crippen LogP contribution in [0, 0.1) is 17.0 Å². The summed E-state index contributed by atoms with van der Waals surface area (Å²) in [6.45, 7) is 3.21. The molecule has 2 saturated heterocycles. The molecule has 3 nitrogen and oxygen atoms in total. The summed E-state index contributed by atoms with van der Waals surface area (Å²) in [6, 6.07) is 3.11. The fourth-order valence-electron chi connectivity index (χ4n) is 3.09. The molecule has 2 fully saturated rings. The van der Waals surface area contributed by atoms with E-state index in [2.05, 4.69) is 5.32 Å². The molecule has 2 aliphatic rings.